The number of halogens is 2. The van der Waals surface area contributed by atoms with Gasteiger partial charge in [0.2, 0.25) is 5.82 Å². The smallest absolute Gasteiger partial charge is 0.344 e. The number of ether oxygens (including phenoxy) is 3. The van der Waals surface area contributed by atoms with Crippen molar-refractivity contribution in [2.45, 2.75) is 6.61 Å². The topological polar surface area (TPSA) is 83.7 Å². The molecule has 140 valence electrons. The lowest BCUT2D eigenvalue weighted by molar-refractivity contribution is -0.148. The molecule has 0 fully saturated rings. The van der Waals surface area contributed by atoms with Gasteiger partial charge in [-0.2, -0.15) is 4.98 Å². The number of hydrogen-bond acceptors (Lipinski definition) is 7. The molecule has 3 aromatic rings. The monoisotopic (exact) mass is 452 g/mol. The van der Waals surface area contributed by atoms with Gasteiger partial charge in [-0.1, -0.05) is 16.8 Å². The van der Waals surface area contributed by atoms with Crippen LogP contribution in [0.25, 0.3) is 11.4 Å². The highest BCUT2D eigenvalue weighted by atomic mass is 79.9. The van der Waals surface area contributed by atoms with E-state index in [4.69, 9.17) is 30.3 Å². The predicted molar refractivity (Wildman–Crippen MR) is 101 cm³/mol. The molecule has 1 aromatic heterocycles. The molecule has 0 N–H and O–H groups in total. The average molecular weight is 454 g/mol. The summed E-state index contributed by atoms with van der Waals surface area (Å²) in [4.78, 5) is 16.0. The highest BCUT2D eigenvalue weighted by Crippen LogP contribution is 2.28. The van der Waals surface area contributed by atoms with Crippen LogP contribution in [0.15, 0.2) is 51.5 Å². The summed E-state index contributed by atoms with van der Waals surface area (Å²) in [6.07, 6.45) is 0. The third kappa shape index (κ3) is 5.21. The van der Waals surface area contributed by atoms with Crippen molar-refractivity contribution in [1.82, 2.24) is 10.1 Å². The molecule has 0 bridgehead atoms. The van der Waals surface area contributed by atoms with E-state index in [1.807, 2.05) is 0 Å². The molecule has 1 heterocycles. The fourth-order valence-corrected chi connectivity index (χ4v) is 2.88. The van der Waals surface area contributed by atoms with Crippen molar-refractivity contribution in [3.05, 3.63) is 57.9 Å². The Hall–Kier alpha value is -2.58. The van der Waals surface area contributed by atoms with Gasteiger partial charge in [-0.05, 0) is 58.4 Å². The molecule has 0 atom stereocenters. The zero-order chi connectivity index (χ0) is 19.2. The molecule has 0 spiro atoms. The molecule has 0 saturated heterocycles. The third-order valence-electron chi connectivity index (χ3n) is 3.41. The number of carbonyl (C=O) groups excluding carboxylic acids is 1. The second kappa shape index (κ2) is 8.88. The molecule has 0 amide bonds. The van der Waals surface area contributed by atoms with E-state index in [0.29, 0.717) is 21.1 Å². The Bertz CT molecular complexity index is 930. The van der Waals surface area contributed by atoms with Crippen LogP contribution in [-0.2, 0) is 16.1 Å². The molecule has 9 heteroatoms. The summed E-state index contributed by atoms with van der Waals surface area (Å²) in [7, 11) is 1.59. The van der Waals surface area contributed by atoms with Crippen molar-refractivity contribution in [3.63, 3.8) is 0 Å². The van der Waals surface area contributed by atoms with E-state index in [2.05, 4.69) is 26.1 Å². The van der Waals surface area contributed by atoms with Gasteiger partial charge < -0.3 is 18.7 Å². The van der Waals surface area contributed by atoms with E-state index < -0.39 is 5.97 Å². The molecular formula is C18H14BrClN2O5. The van der Waals surface area contributed by atoms with Gasteiger partial charge in [-0.3, -0.25) is 0 Å². The van der Waals surface area contributed by atoms with Crippen LogP contribution in [0, 0.1) is 0 Å². The third-order valence-corrected chi connectivity index (χ3v) is 4.27. The Balaban J connectivity index is 1.51. The molecule has 27 heavy (non-hydrogen) atoms. The summed E-state index contributed by atoms with van der Waals surface area (Å²) >= 11 is 9.16. The molecule has 0 aliphatic heterocycles. The Kier molecular flexibility index (Phi) is 6.31. The lowest BCUT2D eigenvalue weighted by Crippen LogP contribution is -2.15. The van der Waals surface area contributed by atoms with Gasteiger partial charge in [0.25, 0.3) is 5.89 Å². The molecule has 0 aliphatic carbocycles. The first-order valence-corrected chi connectivity index (χ1v) is 8.93. The Morgan fingerprint density at radius 3 is 2.70 bits per heavy atom. The maximum Gasteiger partial charge on any atom is 0.344 e. The number of esters is 1. The second-order valence-electron chi connectivity index (χ2n) is 5.26. The zero-order valence-electron chi connectivity index (χ0n) is 14.1. The fraction of sp³-hybridized carbons (Fsp3) is 0.167. The van der Waals surface area contributed by atoms with Crippen LogP contribution in [0.4, 0.5) is 0 Å². The first-order valence-electron chi connectivity index (χ1n) is 7.75. The van der Waals surface area contributed by atoms with Gasteiger partial charge in [0, 0.05) is 10.6 Å². The molecule has 0 saturated carbocycles. The normalized spacial score (nSPS) is 10.5. The minimum atomic E-state index is -0.568. The van der Waals surface area contributed by atoms with Crippen LogP contribution in [-0.4, -0.2) is 29.8 Å². The van der Waals surface area contributed by atoms with Crippen LogP contribution >= 0.6 is 27.5 Å². The summed E-state index contributed by atoms with van der Waals surface area (Å²) in [6.45, 7) is -0.410. The van der Waals surface area contributed by atoms with Crippen molar-refractivity contribution >= 4 is 33.5 Å². The van der Waals surface area contributed by atoms with Crippen LogP contribution in [0.1, 0.15) is 5.89 Å². The van der Waals surface area contributed by atoms with E-state index in [1.165, 1.54) is 0 Å². The maximum absolute atomic E-state index is 11.8. The molecule has 2 aromatic carbocycles. The fourth-order valence-electron chi connectivity index (χ4n) is 2.08. The van der Waals surface area contributed by atoms with Crippen molar-refractivity contribution in [1.29, 1.82) is 0 Å². The largest absolute Gasteiger partial charge is 0.497 e. The Labute approximate surface area is 168 Å². The van der Waals surface area contributed by atoms with Gasteiger partial charge in [0.05, 0.1) is 11.6 Å². The Morgan fingerprint density at radius 1 is 1.22 bits per heavy atom. The van der Waals surface area contributed by atoms with Crippen molar-refractivity contribution < 1.29 is 23.5 Å². The molecule has 0 unspecified atom stereocenters. The number of hydrogen-bond donors (Lipinski definition) is 0. The zero-order valence-corrected chi connectivity index (χ0v) is 16.5. The number of benzene rings is 2. The number of methoxy groups -OCH3 is 1. The minimum absolute atomic E-state index is 0.146. The van der Waals surface area contributed by atoms with E-state index in [-0.39, 0.29) is 19.1 Å². The lowest BCUT2D eigenvalue weighted by atomic mass is 10.2. The molecule has 0 radical (unpaired) electrons. The summed E-state index contributed by atoms with van der Waals surface area (Å²) < 4.78 is 21.3. The van der Waals surface area contributed by atoms with Crippen LogP contribution in [0.5, 0.6) is 11.5 Å². The average Bonchev–Trinajstić information content (AvgIpc) is 3.15. The number of nitrogens with zero attached hydrogens (tertiary/aromatic N) is 2. The summed E-state index contributed by atoms with van der Waals surface area (Å²) in [5, 5.41) is 4.42. The first kappa shape index (κ1) is 19.2. The minimum Gasteiger partial charge on any atom is -0.497 e. The first-order chi connectivity index (χ1) is 13.0. The number of aromatic nitrogens is 2. The second-order valence-corrected chi connectivity index (χ2v) is 6.56. The quantitative estimate of drug-likeness (QED) is 0.494. The lowest BCUT2D eigenvalue weighted by Gasteiger charge is -2.07. The molecule has 0 aliphatic rings. The van der Waals surface area contributed by atoms with E-state index in [9.17, 15) is 4.79 Å². The van der Waals surface area contributed by atoms with Gasteiger partial charge >= 0.3 is 5.97 Å². The van der Waals surface area contributed by atoms with E-state index in [0.717, 1.165) is 11.3 Å². The summed E-state index contributed by atoms with van der Waals surface area (Å²) in [5.41, 5.74) is 0.757. The van der Waals surface area contributed by atoms with Gasteiger partial charge in [0.15, 0.2) is 13.2 Å². The van der Waals surface area contributed by atoms with Crippen LogP contribution in [0.3, 0.4) is 0 Å². The Morgan fingerprint density at radius 2 is 2.00 bits per heavy atom. The van der Waals surface area contributed by atoms with Crippen molar-refractivity contribution in [3.8, 4) is 22.9 Å². The van der Waals surface area contributed by atoms with Crippen molar-refractivity contribution in [2.24, 2.45) is 0 Å². The molecule has 7 nitrogen and oxygen atoms in total. The molecule has 3 rings (SSSR count). The van der Waals surface area contributed by atoms with Crippen molar-refractivity contribution in [2.75, 3.05) is 13.7 Å². The summed E-state index contributed by atoms with van der Waals surface area (Å²) in [6, 6.07) is 12.2. The van der Waals surface area contributed by atoms with Crippen LogP contribution < -0.4 is 9.47 Å². The SMILES string of the molecule is COc1ccc(-c2noc(COC(=O)COc3ccc(Cl)cc3Br)n2)cc1. The maximum atomic E-state index is 11.8. The number of carbonyl (C=O) groups is 1. The molecular weight excluding hydrogens is 440 g/mol. The number of rotatable bonds is 7. The van der Waals surface area contributed by atoms with Gasteiger partial charge in [-0.25, -0.2) is 4.79 Å². The highest BCUT2D eigenvalue weighted by molar-refractivity contribution is 9.10. The van der Waals surface area contributed by atoms with Gasteiger partial charge in [-0.15, -0.1) is 0 Å². The van der Waals surface area contributed by atoms with E-state index >= 15 is 0 Å². The summed E-state index contributed by atoms with van der Waals surface area (Å²) in [5.74, 6) is 1.22. The highest BCUT2D eigenvalue weighted by Gasteiger charge is 2.12. The van der Waals surface area contributed by atoms with Gasteiger partial charge in [0.1, 0.15) is 11.5 Å². The van der Waals surface area contributed by atoms with E-state index in [1.54, 1.807) is 49.6 Å². The van der Waals surface area contributed by atoms with Crippen LogP contribution in [0.2, 0.25) is 5.02 Å². The predicted octanol–water partition coefficient (Wildman–Crippen LogP) is 4.28. The standard InChI is InChI=1S/C18H14BrClN2O5/c1-24-13-5-2-11(3-6-13)18-21-16(27-22-18)9-26-17(23)10-25-15-7-4-12(20)8-14(15)19/h2-8H,9-10H2,1H3.